The number of amides is 3. The quantitative estimate of drug-likeness (QED) is 0.170. The number of anilines is 2. The Hall–Kier alpha value is -4.24. The van der Waals surface area contributed by atoms with Gasteiger partial charge in [-0.25, -0.2) is 4.79 Å². The van der Waals surface area contributed by atoms with E-state index in [0.29, 0.717) is 34.2 Å². The summed E-state index contributed by atoms with van der Waals surface area (Å²) in [5.74, 6) is 2.21. The summed E-state index contributed by atoms with van der Waals surface area (Å²) in [5.41, 5.74) is 2.66. The summed E-state index contributed by atoms with van der Waals surface area (Å²) in [4.78, 5) is 27.8. The molecule has 9 heteroatoms. The molecule has 1 aliphatic heterocycles. The fourth-order valence-corrected chi connectivity index (χ4v) is 5.35. The highest BCUT2D eigenvalue weighted by atomic mass is 16.5. The van der Waals surface area contributed by atoms with Crippen molar-refractivity contribution in [1.82, 2.24) is 10.2 Å². The van der Waals surface area contributed by atoms with Crippen LogP contribution in [0.5, 0.6) is 23.0 Å². The lowest BCUT2D eigenvalue weighted by molar-refractivity contribution is 0.0996. The number of ether oxygens (including phenoxy) is 3. The Kier molecular flexibility index (Phi) is 12.5. The summed E-state index contributed by atoms with van der Waals surface area (Å²) in [7, 11) is 1.55. The summed E-state index contributed by atoms with van der Waals surface area (Å²) in [6.07, 6.45) is 6.46. The first-order chi connectivity index (χ1) is 21.8. The van der Waals surface area contributed by atoms with E-state index in [2.05, 4.69) is 27.8 Å². The molecule has 0 aliphatic carbocycles. The number of rotatable bonds is 14. The molecule has 1 saturated heterocycles. The predicted octanol–water partition coefficient (Wildman–Crippen LogP) is 8.00. The Bertz CT molecular complexity index is 1400. The number of piperidine rings is 1. The zero-order valence-electron chi connectivity index (χ0n) is 27.3. The first kappa shape index (κ1) is 33.6. The van der Waals surface area contributed by atoms with Crippen molar-refractivity contribution in [2.24, 2.45) is 0 Å². The van der Waals surface area contributed by atoms with Crippen molar-refractivity contribution in [1.29, 1.82) is 0 Å². The molecule has 3 N–H and O–H groups in total. The van der Waals surface area contributed by atoms with Gasteiger partial charge in [-0.2, -0.15) is 0 Å². The van der Waals surface area contributed by atoms with Crippen LogP contribution in [0.25, 0.3) is 0 Å². The lowest BCUT2D eigenvalue weighted by Crippen LogP contribution is -2.38. The zero-order valence-corrected chi connectivity index (χ0v) is 27.3. The first-order valence-corrected chi connectivity index (χ1v) is 16.2. The molecule has 242 valence electrons. The molecule has 45 heavy (non-hydrogen) atoms. The number of urea groups is 1. The van der Waals surface area contributed by atoms with Crippen LogP contribution < -0.4 is 30.2 Å². The molecular weight excluding hydrogens is 568 g/mol. The molecule has 3 amide bonds. The fraction of sp³-hybridized carbons (Fsp3) is 0.444. The van der Waals surface area contributed by atoms with Gasteiger partial charge in [0.25, 0.3) is 5.91 Å². The van der Waals surface area contributed by atoms with Crippen LogP contribution in [0.4, 0.5) is 16.2 Å². The number of carbonyl (C=O) groups is 2. The number of nitrogens with zero attached hydrogens (tertiary/aromatic N) is 1. The maximum Gasteiger partial charge on any atom is 0.319 e. The molecular formula is C36H48N4O5. The molecule has 1 heterocycles. The molecule has 0 bridgehead atoms. The Balaban J connectivity index is 1.30. The third-order valence-electron chi connectivity index (χ3n) is 8.18. The molecule has 0 aromatic heterocycles. The van der Waals surface area contributed by atoms with Gasteiger partial charge in [-0.15, -0.1) is 0 Å². The number of benzene rings is 3. The van der Waals surface area contributed by atoms with Gasteiger partial charge in [0.15, 0.2) is 11.5 Å². The van der Waals surface area contributed by atoms with E-state index in [-0.39, 0.29) is 24.1 Å². The van der Waals surface area contributed by atoms with E-state index in [1.165, 1.54) is 19.4 Å². The third-order valence-corrected chi connectivity index (χ3v) is 8.18. The number of hydrogen-bond donors (Lipinski definition) is 3. The SMILES string of the molecule is CCCCN1CCC(Oc2ccc(C(=O)Nc3ccc(Oc4ccc(NC(=O)NC(CC)CC)cc4OC)c(C)c3)cc2)CC1. The van der Waals surface area contributed by atoms with Crippen LogP contribution in [0.15, 0.2) is 60.7 Å². The van der Waals surface area contributed by atoms with Gasteiger partial charge in [0.05, 0.1) is 7.11 Å². The van der Waals surface area contributed by atoms with E-state index in [1.807, 2.05) is 45.0 Å². The van der Waals surface area contributed by atoms with Crippen molar-refractivity contribution in [2.45, 2.75) is 78.4 Å². The first-order valence-electron chi connectivity index (χ1n) is 16.2. The molecule has 4 rings (SSSR count). The number of nitrogens with one attached hydrogen (secondary N) is 3. The van der Waals surface area contributed by atoms with E-state index in [9.17, 15) is 9.59 Å². The predicted molar refractivity (Wildman–Crippen MR) is 180 cm³/mol. The molecule has 1 fully saturated rings. The molecule has 1 aliphatic rings. The average molecular weight is 617 g/mol. The summed E-state index contributed by atoms with van der Waals surface area (Å²) in [6, 6.07) is 17.9. The number of methoxy groups -OCH3 is 1. The number of carbonyl (C=O) groups excluding carboxylic acids is 2. The largest absolute Gasteiger partial charge is 0.493 e. The lowest BCUT2D eigenvalue weighted by Gasteiger charge is -2.32. The number of likely N-dealkylation sites (tertiary alicyclic amines) is 1. The second-order valence-corrected chi connectivity index (χ2v) is 11.6. The molecule has 0 saturated carbocycles. The molecule has 0 spiro atoms. The Morgan fingerprint density at radius 3 is 2.16 bits per heavy atom. The van der Waals surface area contributed by atoms with Gasteiger partial charge in [0, 0.05) is 42.1 Å². The average Bonchev–Trinajstić information content (AvgIpc) is 3.05. The van der Waals surface area contributed by atoms with Gasteiger partial charge in [-0.05, 0) is 106 Å². The van der Waals surface area contributed by atoms with E-state index in [1.54, 1.807) is 43.5 Å². The van der Waals surface area contributed by atoms with Crippen molar-refractivity contribution < 1.29 is 23.8 Å². The Labute approximate surface area is 267 Å². The summed E-state index contributed by atoms with van der Waals surface area (Å²) < 4.78 is 17.9. The van der Waals surface area contributed by atoms with Gasteiger partial charge in [0.2, 0.25) is 0 Å². The normalized spacial score (nSPS) is 13.7. The topological polar surface area (TPSA) is 101 Å². The van der Waals surface area contributed by atoms with Gasteiger partial charge in [-0.1, -0.05) is 27.2 Å². The highest BCUT2D eigenvalue weighted by molar-refractivity contribution is 6.04. The lowest BCUT2D eigenvalue weighted by atomic mass is 10.1. The molecule has 0 unspecified atom stereocenters. The Morgan fingerprint density at radius 2 is 1.53 bits per heavy atom. The van der Waals surface area contributed by atoms with E-state index < -0.39 is 0 Å². The molecule has 0 atom stereocenters. The van der Waals surface area contributed by atoms with Crippen LogP contribution in [0.2, 0.25) is 0 Å². The third kappa shape index (κ3) is 9.88. The zero-order chi connectivity index (χ0) is 32.2. The van der Waals surface area contributed by atoms with Crippen LogP contribution in [0.3, 0.4) is 0 Å². The fourth-order valence-electron chi connectivity index (χ4n) is 5.35. The molecule has 0 radical (unpaired) electrons. The van der Waals surface area contributed by atoms with E-state index in [4.69, 9.17) is 14.2 Å². The van der Waals surface area contributed by atoms with E-state index >= 15 is 0 Å². The monoisotopic (exact) mass is 616 g/mol. The summed E-state index contributed by atoms with van der Waals surface area (Å²) in [5, 5.41) is 8.78. The van der Waals surface area contributed by atoms with Gasteiger partial charge >= 0.3 is 6.03 Å². The van der Waals surface area contributed by atoms with Gasteiger partial charge in [-0.3, -0.25) is 4.79 Å². The molecule has 3 aromatic rings. The minimum absolute atomic E-state index is 0.124. The van der Waals surface area contributed by atoms with Gasteiger partial charge < -0.3 is 35.1 Å². The van der Waals surface area contributed by atoms with Crippen molar-refractivity contribution in [2.75, 3.05) is 37.4 Å². The van der Waals surface area contributed by atoms with Crippen LogP contribution >= 0.6 is 0 Å². The smallest absolute Gasteiger partial charge is 0.319 e. The maximum absolute atomic E-state index is 13.0. The van der Waals surface area contributed by atoms with Gasteiger partial charge in [0.1, 0.15) is 17.6 Å². The molecule has 9 nitrogen and oxygen atoms in total. The summed E-state index contributed by atoms with van der Waals surface area (Å²) in [6.45, 7) is 11.5. The van der Waals surface area contributed by atoms with Crippen molar-refractivity contribution in [3.8, 4) is 23.0 Å². The minimum Gasteiger partial charge on any atom is -0.493 e. The van der Waals surface area contributed by atoms with Crippen LogP contribution in [0, 0.1) is 6.92 Å². The second-order valence-electron chi connectivity index (χ2n) is 11.6. The number of aryl methyl sites for hydroxylation is 1. The van der Waals surface area contributed by atoms with E-state index in [0.717, 1.165) is 50.1 Å². The van der Waals surface area contributed by atoms with Crippen molar-refractivity contribution in [3.63, 3.8) is 0 Å². The maximum atomic E-state index is 13.0. The van der Waals surface area contributed by atoms with Crippen LogP contribution in [-0.4, -0.2) is 55.7 Å². The summed E-state index contributed by atoms with van der Waals surface area (Å²) >= 11 is 0. The second kappa shape index (κ2) is 16.7. The van der Waals surface area contributed by atoms with Crippen molar-refractivity contribution >= 4 is 23.3 Å². The highest BCUT2D eigenvalue weighted by Gasteiger charge is 2.20. The minimum atomic E-state index is -0.258. The Morgan fingerprint density at radius 1 is 0.867 bits per heavy atom. The van der Waals surface area contributed by atoms with Crippen LogP contribution in [-0.2, 0) is 0 Å². The highest BCUT2D eigenvalue weighted by Crippen LogP contribution is 2.36. The van der Waals surface area contributed by atoms with Crippen molar-refractivity contribution in [3.05, 3.63) is 71.8 Å². The standard InChI is InChI=1S/C36H48N4O5/c1-6-9-20-40-21-18-31(19-22-40)44-30-14-10-26(11-15-30)35(41)37-28-12-16-32(25(4)23-28)45-33-17-13-29(24-34(33)43-5)39-36(42)38-27(7-2)8-3/h10-17,23-24,27,31H,6-9,18-22H2,1-5H3,(H,37,41)(H2,38,39,42). The molecule has 3 aromatic carbocycles. The number of hydrogen-bond acceptors (Lipinski definition) is 6. The number of unbranched alkanes of at least 4 members (excludes halogenated alkanes) is 1. The van der Waals surface area contributed by atoms with Crippen LogP contribution in [0.1, 0.15) is 75.2 Å².